The van der Waals surface area contributed by atoms with E-state index in [-0.39, 0.29) is 11.6 Å². The fourth-order valence-corrected chi connectivity index (χ4v) is 2.58. The number of anilines is 2. The number of benzene rings is 2. The molecule has 0 saturated carbocycles. The number of nitrogens with zero attached hydrogens (tertiary/aromatic N) is 1. The lowest BCUT2D eigenvalue weighted by molar-refractivity contribution is -0.111. The molecule has 0 aliphatic heterocycles. The van der Waals surface area contributed by atoms with E-state index in [9.17, 15) is 14.0 Å². The topological polar surface area (TPSA) is 63.1 Å². The molecule has 1 aromatic heterocycles. The molecule has 3 aromatic rings. The first-order valence-electron chi connectivity index (χ1n) is 7.58. The first-order chi connectivity index (χ1) is 12.0. The van der Waals surface area contributed by atoms with Gasteiger partial charge in [0.15, 0.2) is 0 Å². The SMILES string of the molecule is C=CC(=O)Nc1cc(NC(=O)c2cccc3c2ccn3C)ccc1F. The molecule has 0 atom stereocenters. The Hall–Kier alpha value is -3.41. The van der Waals surface area contributed by atoms with E-state index in [0.29, 0.717) is 11.3 Å². The van der Waals surface area contributed by atoms with E-state index in [1.807, 2.05) is 29.9 Å². The summed E-state index contributed by atoms with van der Waals surface area (Å²) in [6, 6.07) is 11.3. The number of carbonyl (C=O) groups is 2. The van der Waals surface area contributed by atoms with Crippen LogP contribution in [0.2, 0.25) is 0 Å². The molecule has 0 radical (unpaired) electrons. The molecule has 0 fully saturated rings. The number of aromatic nitrogens is 1. The van der Waals surface area contributed by atoms with Crippen LogP contribution in [0.15, 0.2) is 61.3 Å². The summed E-state index contributed by atoms with van der Waals surface area (Å²) in [5.41, 5.74) is 1.80. The van der Waals surface area contributed by atoms with Gasteiger partial charge in [0.2, 0.25) is 5.91 Å². The van der Waals surface area contributed by atoms with Crippen LogP contribution in [0.25, 0.3) is 10.9 Å². The van der Waals surface area contributed by atoms with Crippen molar-refractivity contribution in [2.45, 2.75) is 0 Å². The molecule has 2 aromatic carbocycles. The summed E-state index contributed by atoms with van der Waals surface area (Å²) < 4.78 is 15.7. The largest absolute Gasteiger partial charge is 0.351 e. The number of nitrogens with one attached hydrogen (secondary N) is 2. The zero-order valence-electron chi connectivity index (χ0n) is 13.5. The second kappa shape index (κ2) is 6.60. The van der Waals surface area contributed by atoms with Crippen molar-refractivity contribution in [2.75, 3.05) is 10.6 Å². The van der Waals surface area contributed by atoms with Crippen molar-refractivity contribution in [1.82, 2.24) is 4.57 Å². The Balaban J connectivity index is 1.89. The Morgan fingerprint density at radius 2 is 1.96 bits per heavy atom. The molecular formula is C19H16FN3O2. The lowest BCUT2D eigenvalue weighted by atomic mass is 10.1. The minimum atomic E-state index is -0.599. The van der Waals surface area contributed by atoms with E-state index in [1.54, 1.807) is 12.1 Å². The Morgan fingerprint density at radius 1 is 1.16 bits per heavy atom. The first-order valence-corrected chi connectivity index (χ1v) is 7.58. The van der Waals surface area contributed by atoms with E-state index in [0.717, 1.165) is 17.0 Å². The quantitative estimate of drug-likeness (QED) is 0.713. The molecule has 0 spiro atoms. The van der Waals surface area contributed by atoms with Crippen LogP contribution in [-0.4, -0.2) is 16.4 Å². The molecule has 5 nitrogen and oxygen atoms in total. The standard InChI is InChI=1S/C19H16FN3O2/c1-3-18(24)22-16-11-12(7-8-15(16)20)21-19(25)14-5-4-6-17-13(14)9-10-23(17)2/h3-11H,1H2,2H3,(H,21,25)(H,22,24). The number of hydrogen-bond donors (Lipinski definition) is 2. The maximum atomic E-state index is 13.8. The zero-order valence-corrected chi connectivity index (χ0v) is 13.5. The van der Waals surface area contributed by atoms with Gasteiger partial charge in [-0.1, -0.05) is 12.6 Å². The van der Waals surface area contributed by atoms with Gasteiger partial charge in [0.1, 0.15) is 5.82 Å². The average molecular weight is 337 g/mol. The van der Waals surface area contributed by atoms with Crippen LogP contribution in [0.4, 0.5) is 15.8 Å². The molecule has 0 saturated heterocycles. The highest BCUT2D eigenvalue weighted by Gasteiger charge is 2.13. The number of fused-ring (bicyclic) bond motifs is 1. The first kappa shape index (κ1) is 16.4. The van der Waals surface area contributed by atoms with Gasteiger partial charge in [-0.3, -0.25) is 9.59 Å². The molecule has 126 valence electrons. The van der Waals surface area contributed by atoms with Crippen molar-refractivity contribution >= 4 is 34.1 Å². The van der Waals surface area contributed by atoms with Crippen LogP contribution in [0.1, 0.15) is 10.4 Å². The normalized spacial score (nSPS) is 10.5. The van der Waals surface area contributed by atoms with Gasteiger partial charge >= 0.3 is 0 Å². The molecule has 3 rings (SSSR count). The summed E-state index contributed by atoms with van der Waals surface area (Å²) in [6.45, 7) is 3.32. The van der Waals surface area contributed by atoms with E-state index in [4.69, 9.17) is 0 Å². The second-order valence-electron chi connectivity index (χ2n) is 5.51. The molecule has 25 heavy (non-hydrogen) atoms. The van der Waals surface area contributed by atoms with Gasteiger partial charge in [-0.2, -0.15) is 0 Å². The lowest BCUT2D eigenvalue weighted by Gasteiger charge is -2.10. The molecule has 1 heterocycles. The van der Waals surface area contributed by atoms with Gasteiger partial charge in [-0.25, -0.2) is 4.39 Å². The monoisotopic (exact) mass is 337 g/mol. The third kappa shape index (κ3) is 3.28. The lowest BCUT2D eigenvalue weighted by Crippen LogP contribution is -2.13. The summed E-state index contributed by atoms with van der Waals surface area (Å²) in [5.74, 6) is -1.45. The van der Waals surface area contributed by atoms with Crippen molar-refractivity contribution in [3.05, 3.63) is 72.7 Å². The van der Waals surface area contributed by atoms with Crippen LogP contribution < -0.4 is 10.6 Å². The van der Waals surface area contributed by atoms with Crippen molar-refractivity contribution < 1.29 is 14.0 Å². The molecule has 2 amide bonds. The second-order valence-corrected chi connectivity index (χ2v) is 5.51. The molecule has 0 aliphatic rings. The molecule has 6 heteroatoms. The minimum absolute atomic E-state index is 0.0272. The summed E-state index contributed by atoms with van der Waals surface area (Å²) in [6.07, 6.45) is 2.92. The summed E-state index contributed by atoms with van der Waals surface area (Å²) in [5, 5.41) is 5.91. The number of hydrogen-bond acceptors (Lipinski definition) is 2. The smallest absolute Gasteiger partial charge is 0.256 e. The van der Waals surface area contributed by atoms with Gasteiger partial charge in [-0.05, 0) is 42.5 Å². The third-order valence-electron chi connectivity index (χ3n) is 3.84. The molecular weight excluding hydrogens is 321 g/mol. The summed E-state index contributed by atoms with van der Waals surface area (Å²) >= 11 is 0. The number of aryl methyl sites for hydroxylation is 1. The average Bonchev–Trinajstić information content (AvgIpc) is 2.99. The third-order valence-corrected chi connectivity index (χ3v) is 3.84. The highest BCUT2D eigenvalue weighted by molar-refractivity contribution is 6.12. The Morgan fingerprint density at radius 3 is 2.72 bits per heavy atom. The number of rotatable bonds is 4. The highest BCUT2D eigenvalue weighted by atomic mass is 19.1. The van der Waals surface area contributed by atoms with E-state index >= 15 is 0 Å². The fraction of sp³-hybridized carbons (Fsp3) is 0.0526. The van der Waals surface area contributed by atoms with Crippen LogP contribution in [0.3, 0.4) is 0 Å². The van der Waals surface area contributed by atoms with Crippen molar-refractivity contribution in [3.8, 4) is 0 Å². The van der Waals surface area contributed by atoms with Crippen molar-refractivity contribution in [1.29, 1.82) is 0 Å². The maximum Gasteiger partial charge on any atom is 0.256 e. The maximum absolute atomic E-state index is 13.8. The van der Waals surface area contributed by atoms with Crippen molar-refractivity contribution in [3.63, 3.8) is 0 Å². The van der Waals surface area contributed by atoms with Crippen LogP contribution in [0, 0.1) is 5.82 Å². The Kier molecular flexibility index (Phi) is 4.35. The Bertz CT molecular complexity index is 991. The number of carbonyl (C=O) groups excluding carboxylic acids is 2. The van der Waals surface area contributed by atoms with E-state index in [2.05, 4.69) is 17.2 Å². The van der Waals surface area contributed by atoms with Gasteiger partial charge in [0, 0.05) is 35.4 Å². The summed E-state index contributed by atoms with van der Waals surface area (Å²) in [4.78, 5) is 23.9. The molecule has 0 unspecified atom stereocenters. The van der Waals surface area contributed by atoms with Crippen LogP contribution >= 0.6 is 0 Å². The predicted octanol–water partition coefficient (Wildman–Crippen LogP) is 3.69. The van der Waals surface area contributed by atoms with Crippen LogP contribution in [-0.2, 0) is 11.8 Å². The van der Waals surface area contributed by atoms with E-state index in [1.165, 1.54) is 18.2 Å². The molecule has 0 aliphatic carbocycles. The number of halogens is 1. The van der Waals surface area contributed by atoms with E-state index < -0.39 is 11.7 Å². The van der Waals surface area contributed by atoms with Gasteiger partial charge in [0.05, 0.1) is 5.69 Å². The van der Waals surface area contributed by atoms with Crippen molar-refractivity contribution in [2.24, 2.45) is 7.05 Å². The zero-order chi connectivity index (χ0) is 18.0. The van der Waals surface area contributed by atoms with Gasteiger partial charge in [-0.15, -0.1) is 0 Å². The Labute approximate surface area is 143 Å². The fourth-order valence-electron chi connectivity index (χ4n) is 2.58. The molecule has 0 bridgehead atoms. The predicted molar refractivity (Wildman–Crippen MR) is 96.1 cm³/mol. The molecule has 2 N–H and O–H groups in total. The highest BCUT2D eigenvalue weighted by Crippen LogP contribution is 2.23. The van der Waals surface area contributed by atoms with Gasteiger partial charge < -0.3 is 15.2 Å². The van der Waals surface area contributed by atoms with Crippen LogP contribution in [0.5, 0.6) is 0 Å². The number of amides is 2. The summed E-state index contributed by atoms with van der Waals surface area (Å²) in [7, 11) is 1.90. The minimum Gasteiger partial charge on any atom is -0.351 e. The van der Waals surface area contributed by atoms with Gasteiger partial charge in [0.25, 0.3) is 5.91 Å².